The first-order chi connectivity index (χ1) is 12.2. The van der Waals surface area contributed by atoms with Crippen LogP contribution < -0.4 is 0 Å². The molecule has 2 rings (SSSR count). The molecule has 1 amide bonds. The van der Waals surface area contributed by atoms with Gasteiger partial charge in [-0.3, -0.25) is 4.90 Å². The first-order valence-electron chi connectivity index (χ1n) is 9.38. The van der Waals surface area contributed by atoms with Crippen molar-refractivity contribution in [2.24, 2.45) is 0 Å². The number of nitrogens with zero attached hydrogens (tertiary/aromatic N) is 1. The summed E-state index contributed by atoms with van der Waals surface area (Å²) in [5, 5.41) is -0.00396. The fourth-order valence-electron chi connectivity index (χ4n) is 2.96. The molecule has 2 heterocycles. The Labute approximate surface area is 163 Å². The Morgan fingerprint density at radius 1 is 1.11 bits per heavy atom. The van der Waals surface area contributed by atoms with Gasteiger partial charge in [0.1, 0.15) is 5.60 Å². The fraction of sp³-hybridized carbons (Fsp3) is 0.700. The van der Waals surface area contributed by atoms with Crippen molar-refractivity contribution >= 4 is 20.4 Å². The van der Waals surface area contributed by atoms with E-state index in [2.05, 4.69) is 33.9 Å². The lowest BCUT2D eigenvalue weighted by molar-refractivity contribution is -0.137. The molecule has 2 aliphatic heterocycles. The highest BCUT2D eigenvalue weighted by Gasteiger charge is 2.48. The molecular formula is C20H33NO5Si. The second-order valence-electron chi connectivity index (χ2n) is 9.68. The van der Waals surface area contributed by atoms with E-state index in [1.807, 2.05) is 32.9 Å². The van der Waals surface area contributed by atoms with Crippen LogP contribution in [0.3, 0.4) is 0 Å². The van der Waals surface area contributed by atoms with E-state index < -0.39 is 32.0 Å². The summed E-state index contributed by atoms with van der Waals surface area (Å²) >= 11 is 0. The van der Waals surface area contributed by atoms with E-state index in [1.54, 1.807) is 4.90 Å². The third-order valence-corrected chi connectivity index (χ3v) is 9.73. The molecule has 7 heteroatoms. The average Bonchev–Trinajstić information content (AvgIpc) is 2.79. The van der Waals surface area contributed by atoms with Crippen LogP contribution in [0.4, 0.5) is 4.79 Å². The smallest absolute Gasteiger partial charge is 0.411 e. The van der Waals surface area contributed by atoms with Crippen molar-refractivity contribution in [1.82, 2.24) is 4.90 Å². The normalized spacial score (nSPS) is 22.8. The van der Waals surface area contributed by atoms with Crippen molar-refractivity contribution in [2.75, 3.05) is 7.11 Å². The van der Waals surface area contributed by atoms with Crippen LogP contribution in [-0.2, 0) is 18.7 Å². The summed E-state index contributed by atoms with van der Waals surface area (Å²) < 4.78 is 17.1. The van der Waals surface area contributed by atoms with Gasteiger partial charge in [0.05, 0.1) is 30.5 Å². The maximum absolute atomic E-state index is 12.7. The van der Waals surface area contributed by atoms with E-state index >= 15 is 0 Å². The van der Waals surface area contributed by atoms with Gasteiger partial charge in [-0.25, -0.2) is 9.59 Å². The zero-order valence-corrected chi connectivity index (χ0v) is 19.0. The summed E-state index contributed by atoms with van der Waals surface area (Å²) in [4.78, 5) is 26.9. The van der Waals surface area contributed by atoms with Gasteiger partial charge in [0.15, 0.2) is 0 Å². The van der Waals surface area contributed by atoms with Gasteiger partial charge in [0.2, 0.25) is 8.32 Å². The van der Waals surface area contributed by atoms with Crippen LogP contribution in [0, 0.1) is 0 Å². The molecule has 0 aromatic carbocycles. The molecule has 152 valence electrons. The van der Waals surface area contributed by atoms with Crippen LogP contribution in [0.2, 0.25) is 18.1 Å². The number of hydrogen-bond acceptors (Lipinski definition) is 5. The minimum Gasteiger partial charge on any atom is -0.546 e. The highest BCUT2D eigenvalue weighted by Crippen LogP contribution is 2.43. The van der Waals surface area contributed by atoms with Crippen LogP contribution in [0.15, 0.2) is 23.5 Å². The molecule has 0 aromatic heterocycles. The molecule has 0 aliphatic carbocycles. The molecule has 0 saturated heterocycles. The molecular weight excluding hydrogens is 362 g/mol. The number of ether oxygens (including phenoxy) is 2. The van der Waals surface area contributed by atoms with Gasteiger partial charge in [0.25, 0.3) is 0 Å². The quantitative estimate of drug-likeness (QED) is 0.403. The third kappa shape index (κ3) is 4.39. The summed E-state index contributed by atoms with van der Waals surface area (Å²) in [6, 6.07) is -0.705. The van der Waals surface area contributed by atoms with Gasteiger partial charge in [-0.15, -0.1) is 0 Å². The van der Waals surface area contributed by atoms with E-state index in [4.69, 9.17) is 13.9 Å². The maximum Gasteiger partial charge on any atom is 0.411 e. The van der Waals surface area contributed by atoms with Crippen molar-refractivity contribution in [1.29, 1.82) is 0 Å². The topological polar surface area (TPSA) is 65.1 Å². The minimum atomic E-state index is -2.14. The molecule has 27 heavy (non-hydrogen) atoms. The van der Waals surface area contributed by atoms with Gasteiger partial charge in [-0.05, 0) is 38.9 Å². The maximum atomic E-state index is 12.7. The van der Waals surface area contributed by atoms with E-state index in [0.717, 1.165) is 0 Å². The van der Waals surface area contributed by atoms with Crippen LogP contribution in [-0.4, -0.2) is 50.1 Å². The zero-order valence-electron chi connectivity index (χ0n) is 18.0. The number of fused-ring (bicyclic) bond motifs is 2. The van der Waals surface area contributed by atoms with Crippen molar-refractivity contribution in [3.05, 3.63) is 23.5 Å². The summed E-state index contributed by atoms with van der Waals surface area (Å²) in [7, 11) is -0.791. The second-order valence-corrected chi connectivity index (χ2v) is 14.4. The summed E-state index contributed by atoms with van der Waals surface area (Å²) in [6.45, 7) is 16.2. The van der Waals surface area contributed by atoms with Gasteiger partial charge in [-0.2, -0.15) is 0 Å². The summed E-state index contributed by atoms with van der Waals surface area (Å²) in [6.07, 6.45) is 3.82. The standard InChI is InChI=1S/C20H33NO5Si/c1-19(2,3)25-18(23)21-13-10-11-14(21)16(17(22)24-7)15(12-13)26-27(8,9)20(4,5)6/h10-11,13-14H,12H2,1-9H3. The lowest BCUT2D eigenvalue weighted by Gasteiger charge is -2.42. The van der Waals surface area contributed by atoms with Crippen LogP contribution in [0.5, 0.6) is 0 Å². The number of carbonyl (C=O) groups is 2. The van der Waals surface area contributed by atoms with Gasteiger partial charge in [-0.1, -0.05) is 32.9 Å². The first-order valence-corrected chi connectivity index (χ1v) is 12.3. The molecule has 0 aromatic rings. The van der Waals surface area contributed by atoms with Gasteiger partial charge in [0, 0.05) is 6.42 Å². The number of esters is 1. The predicted molar refractivity (Wildman–Crippen MR) is 107 cm³/mol. The van der Waals surface area contributed by atoms with E-state index in [1.165, 1.54) is 7.11 Å². The lowest BCUT2D eigenvalue weighted by atomic mass is 9.99. The minimum absolute atomic E-state index is 0.00396. The van der Waals surface area contributed by atoms with Crippen molar-refractivity contribution in [3.63, 3.8) is 0 Å². The number of methoxy groups -OCH3 is 1. The Kier molecular flexibility index (Phi) is 5.58. The number of carbonyl (C=O) groups excluding carboxylic acids is 2. The van der Waals surface area contributed by atoms with E-state index in [0.29, 0.717) is 17.8 Å². The highest BCUT2D eigenvalue weighted by molar-refractivity contribution is 6.74. The molecule has 2 atom stereocenters. The molecule has 0 saturated carbocycles. The van der Waals surface area contributed by atoms with Crippen molar-refractivity contribution in [3.8, 4) is 0 Å². The number of rotatable bonds is 3. The van der Waals surface area contributed by atoms with E-state index in [9.17, 15) is 9.59 Å². The first kappa shape index (κ1) is 21.5. The lowest BCUT2D eigenvalue weighted by Crippen LogP contribution is -2.51. The highest BCUT2D eigenvalue weighted by atomic mass is 28.4. The molecule has 0 fully saturated rings. The van der Waals surface area contributed by atoms with E-state index in [-0.39, 0.29) is 11.1 Å². The molecule has 0 N–H and O–H groups in total. The van der Waals surface area contributed by atoms with Gasteiger partial charge >= 0.3 is 12.1 Å². The Balaban J connectivity index is 2.41. The summed E-state index contributed by atoms with van der Waals surface area (Å²) in [5.41, 5.74) is -0.206. The molecule has 2 bridgehead atoms. The Bertz CT molecular complexity index is 681. The van der Waals surface area contributed by atoms with Crippen molar-refractivity contribution in [2.45, 2.75) is 83.8 Å². The van der Waals surface area contributed by atoms with Gasteiger partial charge < -0.3 is 13.9 Å². The average molecular weight is 396 g/mol. The molecule has 6 nitrogen and oxygen atoms in total. The number of amides is 1. The second kappa shape index (κ2) is 7.00. The molecule has 2 unspecified atom stereocenters. The summed E-state index contributed by atoms with van der Waals surface area (Å²) in [5.74, 6) is 0.181. The Morgan fingerprint density at radius 2 is 1.70 bits per heavy atom. The molecule has 2 aliphatic rings. The Morgan fingerprint density at radius 3 is 2.19 bits per heavy atom. The monoisotopic (exact) mass is 395 g/mol. The molecule has 0 radical (unpaired) electrons. The zero-order chi connectivity index (χ0) is 20.8. The fourth-order valence-corrected chi connectivity index (χ4v) is 4.07. The SMILES string of the molecule is COC(=O)C1=C(O[Si](C)(C)C(C)(C)C)CC2C=CC1N2C(=O)OC(C)(C)C. The predicted octanol–water partition coefficient (Wildman–Crippen LogP) is 4.38. The largest absolute Gasteiger partial charge is 0.546 e. The van der Waals surface area contributed by atoms with Crippen LogP contribution >= 0.6 is 0 Å². The molecule has 0 spiro atoms. The Hall–Kier alpha value is -1.76. The number of hydrogen-bond donors (Lipinski definition) is 0. The van der Waals surface area contributed by atoms with Crippen molar-refractivity contribution < 1.29 is 23.5 Å². The van der Waals surface area contributed by atoms with Crippen LogP contribution in [0.25, 0.3) is 0 Å². The van der Waals surface area contributed by atoms with Crippen LogP contribution in [0.1, 0.15) is 48.0 Å². The third-order valence-electron chi connectivity index (χ3n) is 5.36.